The molecule has 0 atom stereocenters. The Balaban J connectivity index is 2.08. The molecule has 0 unspecified atom stereocenters. The lowest BCUT2D eigenvalue weighted by atomic mass is 10.2. The van der Waals surface area contributed by atoms with Gasteiger partial charge in [0.15, 0.2) is 0 Å². The van der Waals surface area contributed by atoms with Gasteiger partial charge in [-0.05, 0) is 18.2 Å². The van der Waals surface area contributed by atoms with Crippen LogP contribution in [-0.2, 0) is 0 Å². The molecule has 0 radical (unpaired) electrons. The van der Waals surface area contributed by atoms with Gasteiger partial charge >= 0.3 is 0 Å². The summed E-state index contributed by atoms with van der Waals surface area (Å²) in [5.74, 6) is -0.595. The summed E-state index contributed by atoms with van der Waals surface area (Å²) < 4.78 is 0. The summed E-state index contributed by atoms with van der Waals surface area (Å²) in [6.45, 7) is 0. The maximum atomic E-state index is 11.8. The van der Waals surface area contributed by atoms with Crippen LogP contribution in [0, 0.1) is 20.2 Å². The maximum absolute atomic E-state index is 11.8. The number of hydrogen-bond acceptors (Lipinski definition) is 6. The molecule has 0 heterocycles. The Morgan fingerprint density at radius 3 is 2.21 bits per heavy atom. The van der Waals surface area contributed by atoms with Crippen molar-refractivity contribution in [2.45, 2.75) is 0 Å². The van der Waals surface area contributed by atoms with Gasteiger partial charge in [0.2, 0.25) is 0 Å². The van der Waals surface area contributed by atoms with E-state index < -0.39 is 15.8 Å². The van der Waals surface area contributed by atoms with E-state index in [1.54, 1.807) is 0 Å². The molecule has 0 aliphatic carbocycles. The van der Waals surface area contributed by atoms with E-state index >= 15 is 0 Å². The number of nitro groups is 2. The number of nitro benzene ring substituents is 2. The van der Waals surface area contributed by atoms with Crippen LogP contribution in [0.15, 0.2) is 47.6 Å². The standard InChI is InChI=1S/C14H9ClN4O5/c15-13-6-5-12(19(23)24)7-10(13)8-16-17-14(20)9-1-3-11(4-2-9)18(21)22/h1-8H,(H,17,20)/b16-8-. The van der Waals surface area contributed by atoms with Crippen molar-refractivity contribution in [3.63, 3.8) is 0 Å². The minimum atomic E-state index is -0.595. The predicted molar refractivity (Wildman–Crippen MR) is 86.3 cm³/mol. The van der Waals surface area contributed by atoms with Crippen molar-refractivity contribution in [1.82, 2.24) is 5.43 Å². The van der Waals surface area contributed by atoms with Crippen LogP contribution in [0.5, 0.6) is 0 Å². The van der Waals surface area contributed by atoms with Gasteiger partial charge in [-0.15, -0.1) is 0 Å². The second-order valence-corrected chi connectivity index (χ2v) is 4.87. The molecule has 0 bridgehead atoms. The smallest absolute Gasteiger partial charge is 0.267 e. The summed E-state index contributed by atoms with van der Waals surface area (Å²) in [7, 11) is 0. The van der Waals surface area contributed by atoms with Gasteiger partial charge in [-0.3, -0.25) is 25.0 Å². The number of halogens is 1. The molecule has 2 aromatic rings. The number of non-ortho nitro benzene ring substituents is 2. The SMILES string of the molecule is O=C(N/N=C\c1cc([N+](=O)[O-])ccc1Cl)c1ccc([N+](=O)[O-])cc1. The van der Waals surface area contributed by atoms with Crippen LogP contribution in [0.4, 0.5) is 11.4 Å². The summed E-state index contributed by atoms with van der Waals surface area (Å²) >= 11 is 5.89. The summed E-state index contributed by atoms with van der Waals surface area (Å²) in [5.41, 5.74) is 2.33. The fourth-order valence-corrected chi connectivity index (χ4v) is 1.87. The number of nitrogens with one attached hydrogen (secondary N) is 1. The van der Waals surface area contributed by atoms with Crippen molar-refractivity contribution >= 4 is 35.1 Å². The van der Waals surface area contributed by atoms with Crippen LogP contribution in [0.25, 0.3) is 0 Å². The number of hydrazone groups is 1. The van der Waals surface area contributed by atoms with E-state index in [-0.39, 0.29) is 27.5 Å². The first-order valence-corrected chi connectivity index (χ1v) is 6.78. The number of nitrogens with zero attached hydrogens (tertiary/aromatic N) is 3. The summed E-state index contributed by atoms with van der Waals surface area (Å²) in [6, 6.07) is 8.75. The average Bonchev–Trinajstić information content (AvgIpc) is 2.56. The molecule has 0 spiro atoms. The molecule has 0 aromatic heterocycles. The normalized spacial score (nSPS) is 10.5. The Kier molecular flexibility index (Phi) is 5.17. The second kappa shape index (κ2) is 7.29. The Hall–Kier alpha value is -3.33. The van der Waals surface area contributed by atoms with Crippen LogP contribution < -0.4 is 5.43 Å². The third-order valence-corrected chi connectivity index (χ3v) is 3.24. The molecule has 24 heavy (non-hydrogen) atoms. The van der Waals surface area contributed by atoms with Crippen molar-refractivity contribution in [1.29, 1.82) is 0 Å². The van der Waals surface area contributed by atoms with Gasteiger partial charge in [0, 0.05) is 40.4 Å². The maximum Gasteiger partial charge on any atom is 0.271 e. The van der Waals surface area contributed by atoms with E-state index in [1.807, 2.05) is 0 Å². The minimum absolute atomic E-state index is 0.140. The quantitative estimate of drug-likeness (QED) is 0.504. The summed E-state index contributed by atoms with van der Waals surface area (Å²) in [6.07, 6.45) is 1.17. The van der Waals surface area contributed by atoms with Gasteiger partial charge in [0.1, 0.15) is 0 Å². The molecule has 0 aliphatic heterocycles. The Bertz CT molecular complexity index is 836. The number of hydrogen-bond donors (Lipinski definition) is 1. The van der Waals surface area contributed by atoms with Crippen molar-refractivity contribution in [2.75, 3.05) is 0 Å². The first kappa shape index (κ1) is 17.0. The van der Waals surface area contributed by atoms with E-state index in [0.29, 0.717) is 0 Å². The first-order valence-electron chi connectivity index (χ1n) is 6.40. The van der Waals surface area contributed by atoms with Crippen LogP contribution >= 0.6 is 11.6 Å². The van der Waals surface area contributed by atoms with E-state index in [1.165, 1.54) is 48.7 Å². The van der Waals surface area contributed by atoms with Gasteiger partial charge in [-0.1, -0.05) is 11.6 Å². The molecule has 0 aliphatic rings. The first-order chi connectivity index (χ1) is 11.4. The van der Waals surface area contributed by atoms with Crippen LogP contribution in [0.3, 0.4) is 0 Å². The van der Waals surface area contributed by atoms with E-state index in [4.69, 9.17) is 11.6 Å². The largest absolute Gasteiger partial charge is 0.271 e. The third-order valence-electron chi connectivity index (χ3n) is 2.90. The molecule has 2 aromatic carbocycles. The summed E-state index contributed by atoms with van der Waals surface area (Å²) in [4.78, 5) is 31.9. The number of rotatable bonds is 5. The van der Waals surface area contributed by atoms with Crippen molar-refractivity contribution < 1.29 is 14.6 Å². The highest BCUT2D eigenvalue weighted by atomic mass is 35.5. The van der Waals surface area contributed by atoms with Gasteiger partial charge in [-0.25, -0.2) is 5.43 Å². The number of amides is 1. The molecule has 0 saturated heterocycles. The predicted octanol–water partition coefficient (Wildman–Crippen LogP) is 2.92. The molecule has 1 amide bonds. The number of carbonyl (C=O) groups excluding carboxylic acids is 1. The zero-order valence-corrected chi connectivity index (χ0v) is 12.6. The molecule has 0 fully saturated rings. The second-order valence-electron chi connectivity index (χ2n) is 4.47. The number of benzene rings is 2. The lowest BCUT2D eigenvalue weighted by Crippen LogP contribution is -2.17. The Labute approximate surface area is 139 Å². The van der Waals surface area contributed by atoms with Gasteiger partial charge in [0.25, 0.3) is 17.3 Å². The fraction of sp³-hybridized carbons (Fsp3) is 0. The Morgan fingerprint density at radius 1 is 1.04 bits per heavy atom. The highest BCUT2D eigenvalue weighted by molar-refractivity contribution is 6.33. The van der Waals surface area contributed by atoms with Crippen molar-refractivity contribution in [2.24, 2.45) is 5.10 Å². The molecular weight excluding hydrogens is 340 g/mol. The molecule has 2 rings (SSSR count). The van der Waals surface area contributed by atoms with Gasteiger partial charge in [0.05, 0.1) is 16.1 Å². The molecule has 122 valence electrons. The van der Waals surface area contributed by atoms with Gasteiger partial charge < -0.3 is 0 Å². The lowest BCUT2D eigenvalue weighted by Gasteiger charge is -2.00. The molecule has 0 saturated carbocycles. The fourth-order valence-electron chi connectivity index (χ4n) is 1.70. The average molecular weight is 349 g/mol. The molecule has 9 nitrogen and oxygen atoms in total. The number of carbonyl (C=O) groups is 1. The van der Waals surface area contributed by atoms with Crippen LogP contribution in [0.2, 0.25) is 5.02 Å². The van der Waals surface area contributed by atoms with Crippen molar-refractivity contribution in [3.05, 3.63) is 78.8 Å². The highest BCUT2D eigenvalue weighted by Gasteiger charge is 2.10. The Morgan fingerprint density at radius 2 is 1.62 bits per heavy atom. The highest BCUT2D eigenvalue weighted by Crippen LogP contribution is 2.20. The van der Waals surface area contributed by atoms with E-state index in [2.05, 4.69) is 10.5 Å². The summed E-state index contributed by atoms with van der Waals surface area (Å²) in [5, 5.41) is 25.1. The van der Waals surface area contributed by atoms with Crippen LogP contribution in [0.1, 0.15) is 15.9 Å². The van der Waals surface area contributed by atoms with Crippen molar-refractivity contribution in [3.8, 4) is 0 Å². The molecular formula is C14H9ClN4O5. The topological polar surface area (TPSA) is 128 Å². The van der Waals surface area contributed by atoms with Gasteiger partial charge in [-0.2, -0.15) is 5.10 Å². The molecule has 10 heteroatoms. The molecule has 1 N–H and O–H groups in total. The monoisotopic (exact) mass is 348 g/mol. The van der Waals surface area contributed by atoms with Crippen LogP contribution in [-0.4, -0.2) is 22.0 Å². The third kappa shape index (κ3) is 4.11. The van der Waals surface area contributed by atoms with E-state index in [0.717, 1.165) is 0 Å². The zero-order valence-electron chi connectivity index (χ0n) is 11.9. The zero-order chi connectivity index (χ0) is 17.7. The lowest BCUT2D eigenvalue weighted by molar-refractivity contribution is -0.385. The van der Waals surface area contributed by atoms with E-state index in [9.17, 15) is 25.0 Å². The minimum Gasteiger partial charge on any atom is -0.267 e.